The van der Waals surface area contributed by atoms with Crippen LogP contribution in [0.3, 0.4) is 0 Å². The van der Waals surface area contributed by atoms with Gasteiger partial charge in [-0.2, -0.15) is 4.98 Å². The fraction of sp³-hybridized carbons (Fsp3) is 0.538. The van der Waals surface area contributed by atoms with Crippen molar-refractivity contribution < 1.29 is 4.74 Å². The minimum absolute atomic E-state index is 0.308. The third kappa shape index (κ3) is 2.68. The van der Waals surface area contributed by atoms with Crippen molar-refractivity contribution in [1.29, 1.82) is 0 Å². The normalized spacial score (nSPS) is 19.2. The first-order chi connectivity index (χ1) is 9.28. The fourth-order valence-corrected chi connectivity index (χ4v) is 3.43. The topological polar surface area (TPSA) is 38.2 Å². The smallest absolute Gasteiger partial charge is 0.225 e. The summed E-state index contributed by atoms with van der Waals surface area (Å²) in [5.74, 6) is 0.925. The van der Waals surface area contributed by atoms with E-state index in [4.69, 9.17) is 16.3 Å². The molecule has 2 aromatic heterocycles. The van der Waals surface area contributed by atoms with Crippen LogP contribution in [0.2, 0.25) is 5.28 Å². The molecule has 0 bridgehead atoms. The Kier molecular flexibility index (Phi) is 3.86. The molecule has 6 heteroatoms. The van der Waals surface area contributed by atoms with Gasteiger partial charge >= 0.3 is 0 Å². The highest BCUT2D eigenvalue weighted by Gasteiger charge is 2.21. The van der Waals surface area contributed by atoms with Crippen molar-refractivity contribution in [3.63, 3.8) is 0 Å². The lowest BCUT2D eigenvalue weighted by atomic mass is 10.2. The molecule has 0 aliphatic carbocycles. The molecule has 3 rings (SSSR count). The second-order valence-corrected chi connectivity index (χ2v) is 5.86. The highest BCUT2D eigenvalue weighted by atomic mass is 35.5. The second-order valence-electron chi connectivity index (χ2n) is 4.63. The fourth-order valence-electron chi connectivity index (χ4n) is 2.45. The monoisotopic (exact) mass is 297 g/mol. The lowest BCUT2D eigenvalue weighted by Crippen LogP contribution is -2.32. The Bertz CT molecular complexity index is 568. The van der Waals surface area contributed by atoms with E-state index in [9.17, 15) is 0 Å². The van der Waals surface area contributed by atoms with Crippen molar-refractivity contribution >= 4 is 39.0 Å². The van der Waals surface area contributed by atoms with E-state index >= 15 is 0 Å². The molecule has 0 radical (unpaired) electrons. The summed E-state index contributed by atoms with van der Waals surface area (Å²) in [5, 5.41) is 3.42. The van der Waals surface area contributed by atoms with Crippen LogP contribution in [0.15, 0.2) is 11.4 Å². The molecule has 1 fully saturated rings. The predicted molar refractivity (Wildman–Crippen MR) is 79.3 cm³/mol. The number of fused-ring (bicyclic) bond motifs is 1. The van der Waals surface area contributed by atoms with Crippen molar-refractivity contribution in [1.82, 2.24) is 9.97 Å². The molecule has 1 aliphatic heterocycles. The Labute approximate surface area is 121 Å². The summed E-state index contributed by atoms with van der Waals surface area (Å²) in [7, 11) is 0. The van der Waals surface area contributed by atoms with Gasteiger partial charge in [-0.25, -0.2) is 4.98 Å². The average molecular weight is 298 g/mol. The van der Waals surface area contributed by atoms with Gasteiger partial charge in [-0.3, -0.25) is 0 Å². The van der Waals surface area contributed by atoms with E-state index < -0.39 is 0 Å². The quantitative estimate of drug-likeness (QED) is 0.811. The van der Waals surface area contributed by atoms with Crippen molar-refractivity contribution in [3.8, 4) is 0 Å². The van der Waals surface area contributed by atoms with Crippen LogP contribution in [0.1, 0.15) is 19.8 Å². The average Bonchev–Trinajstić information content (AvgIpc) is 3.05. The number of halogens is 1. The van der Waals surface area contributed by atoms with Gasteiger partial charge in [0.25, 0.3) is 0 Å². The van der Waals surface area contributed by atoms with Crippen LogP contribution in [0, 0.1) is 0 Å². The Balaban J connectivity index is 1.93. The summed E-state index contributed by atoms with van der Waals surface area (Å²) >= 11 is 7.62. The van der Waals surface area contributed by atoms with Crippen molar-refractivity contribution in [3.05, 3.63) is 16.7 Å². The standard InChI is InChI=1S/C13H16ClN3OS/c1-2-17(8-9-4-3-6-18-9)11-10-5-7-19-12(10)16-13(14)15-11/h5,7,9H,2-4,6,8H2,1H3. The predicted octanol–water partition coefficient (Wildman–Crippen LogP) is 3.35. The molecule has 0 saturated carbocycles. The molecule has 102 valence electrons. The van der Waals surface area contributed by atoms with E-state index in [1.165, 1.54) is 0 Å². The number of ether oxygens (including phenoxy) is 1. The summed E-state index contributed by atoms with van der Waals surface area (Å²) in [6.07, 6.45) is 2.59. The minimum atomic E-state index is 0.308. The molecule has 4 nitrogen and oxygen atoms in total. The molecule has 3 heterocycles. The van der Waals surface area contributed by atoms with Gasteiger partial charge in [-0.15, -0.1) is 11.3 Å². The molecule has 0 N–H and O–H groups in total. The highest BCUT2D eigenvalue weighted by Crippen LogP contribution is 2.29. The number of hydrogen-bond acceptors (Lipinski definition) is 5. The van der Waals surface area contributed by atoms with E-state index in [1.807, 2.05) is 5.38 Å². The Hall–Kier alpha value is -0.910. The number of thiophene rings is 1. The molecule has 1 saturated heterocycles. The lowest BCUT2D eigenvalue weighted by Gasteiger charge is -2.25. The van der Waals surface area contributed by atoms with Gasteiger partial charge in [0.2, 0.25) is 5.28 Å². The molecule has 2 aromatic rings. The van der Waals surface area contributed by atoms with Gasteiger partial charge < -0.3 is 9.64 Å². The van der Waals surface area contributed by atoms with Gasteiger partial charge in [0.1, 0.15) is 10.6 Å². The van der Waals surface area contributed by atoms with E-state index in [0.29, 0.717) is 11.4 Å². The van der Waals surface area contributed by atoms with Gasteiger partial charge in [0, 0.05) is 19.7 Å². The SMILES string of the molecule is CCN(CC1CCCO1)c1nc(Cl)nc2sccc12. The minimum Gasteiger partial charge on any atom is -0.376 e. The number of likely N-dealkylation sites (N-methyl/N-ethyl adjacent to an activating group) is 1. The van der Waals surface area contributed by atoms with E-state index in [2.05, 4.69) is 27.9 Å². The van der Waals surface area contributed by atoms with Crippen LogP contribution < -0.4 is 4.90 Å². The zero-order valence-electron chi connectivity index (χ0n) is 10.8. The summed E-state index contributed by atoms with van der Waals surface area (Å²) < 4.78 is 5.72. The maximum Gasteiger partial charge on any atom is 0.225 e. The van der Waals surface area contributed by atoms with Gasteiger partial charge in [0.05, 0.1) is 11.5 Å². The van der Waals surface area contributed by atoms with E-state index in [0.717, 1.165) is 48.6 Å². The second kappa shape index (κ2) is 5.61. The van der Waals surface area contributed by atoms with Crippen LogP contribution >= 0.6 is 22.9 Å². The van der Waals surface area contributed by atoms with Gasteiger partial charge in [-0.1, -0.05) is 0 Å². The van der Waals surface area contributed by atoms with Crippen molar-refractivity contribution in [2.75, 3.05) is 24.6 Å². The molecular formula is C13H16ClN3OS. The number of nitrogens with zero attached hydrogens (tertiary/aromatic N) is 3. The van der Waals surface area contributed by atoms with Gasteiger partial charge in [-0.05, 0) is 42.8 Å². The third-order valence-corrected chi connectivity index (χ3v) is 4.38. The zero-order chi connectivity index (χ0) is 13.2. The van der Waals surface area contributed by atoms with Crippen molar-refractivity contribution in [2.45, 2.75) is 25.9 Å². The molecule has 1 aliphatic rings. The maximum atomic E-state index is 6.02. The summed E-state index contributed by atoms with van der Waals surface area (Å²) in [6, 6.07) is 2.06. The Morgan fingerprint density at radius 2 is 2.42 bits per heavy atom. The first kappa shape index (κ1) is 13.1. The first-order valence-corrected chi connectivity index (χ1v) is 7.81. The molecular weight excluding hydrogens is 282 g/mol. The number of rotatable bonds is 4. The maximum absolute atomic E-state index is 6.02. The lowest BCUT2D eigenvalue weighted by molar-refractivity contribution is 0.115. The molecule has 0 amide bonds. The Morgan fingerprint density at radius 3 is 3.16 bits per heavy atom. The third-order valence-electron chi connectivity index (χ3n) is 3.41. The number of anilines is 1. The molecule has 0 spiro atoms. The van der Waals surface area contributed by atoms with Crippen LogP contribution in [-0.4, -0.2) is 35.8 Å². The summed E-state index contributed by atoms with van der Waals surface area (Å²) in [4.78, 5) is 11.9. The summed E-state index contributed by atoms with van der Waals surface area (Å²) in [6.45, 7) is 4.76. The van der Waals surface area contributed by atoms with Crippen LogP contribution in [0.4, 0.5) is 5.82 Å². The zero-order valence-corrected chi connectivity index (χ0v) is 12.4. The van der Waals surface area contributed by atoms with Gasteiger partial charge in [0.15, 0.2) is 0 Å². The Morgan fingerprint density at radius 1 is 1.53 bits per heavy atom. The highest BCUT2D eigenvalue weighted by molar-refractivity contribution is 7.16. The van der Waals surface area contributed by atoms with Crippen molar-refractivity contribution in [2.24, 2.45) is 0 Å². The largest absolute Gasteiger partial charge is 0.376 e. The number of aromatic nitrogens is 2. The van der Waals surface area contributed by atoms with Crippen LogP contribution in [-0.2, 0) is 4.74 Å². The van der Waals surface area contributed by atoms with E-state index in [-0.39, 0.29) is 0 Å². The van der Waals surface area contributed by atoms with E-state index in [1.54, 1.807) is 11.3 Å². The first-order valence-electron chi connectivity index (χ1n) is 6.55. The van der Waals surface area contributed by atoms with Crippen LogP contribution in [0.25, 0.3) is 10.2 Å². The molecule has 19 heavy (non-hydrogen) atoms. The number of hydrogen-bond donors (Lipinski definition) is 0. The van der Waals surface area contributed by atoms with Crippen LogP contribution in [0.5, 0.6) is 0 Å². The summed E-state index contributed by atoms with van der Waals surface area (Å²) in [5.41, 5.74) is 0. The molecule has 0 aromatic carbocycles. The molecule has 1 atom stereocenters. The molecule has 1 unspecified atom stereocenters.